The van der Waals surface area contributed by atoms with E-state index < -0.39 is 0 Å². The van der Waals surface area contributed by atoms with Crippen molar-refractivity contribution in [3.63, 3.8) is 0 Å². The second-order valence-corrected chi connectivity index (χ2v) is 5.25. The summed E-state index contributed by atoms with van der Waals surface area (Å²) in [5.41, 5.74) is 1.30. The van der Waals surface area contributed by atoms with Gasteiger partial charge in [0.05, 0.1) is 6.54 Å². The molecule has 0 bridgehead atoms. The van der Waals surface area contributed by atoms with Gasteiger partial charge in [0.2, 0.25) is 0 Å². The zero-order valence-electron chi connectivity index (χ0n) is 11.6. The normalized spacial score (nSPS) is 13.8. The Morgan fingerprint density at radius 2 is 1.76 bits per heavy atom. The van der Waals surface area contributed by atoms with Gasteiger partial charge in [0, 0.05) is 17.3 Å². The summed E-state index contributed by atoms with van der Waals surface area (Å²) >= 11 is 0. The zero-order valence-corrected chi connectivity index (χ0v) is 11.6. The average molecular weight is 284 g/mol. The molecule has 3 rings (SSSR count). The Morgan fingerprint density at radius 1 is 1.10 bits per heavy atom. The monoisotopic (exact) mass is 284 g/mol. The van der Waals surface area contributed by atoms with Crippen LogP contribution in [0.4, 0.5) is 14.9 Å². The van der Waals surface area contributed by atoms with Gasteiger partial charge >= 0.3 is 6.03 Å². The number of hydrogen-bond donors (Lipinski definition) is 1. The zero-order chi connectivity index (χ0) is 14.7. The van der Waals surface area contributed by atoms with Gasteiger partial charge in [-0.3, -0.25) is 0 Å². The van der Waals surface area contributed by atoms with Crippen molar-refractivity contribution in [2.45, 2.75) is 25.4 Å². The van der Waals surface area contributed by atoms with Crippen molar-refractivity contribution in [1.29, 1.82) is 0 Å². The molecule has 3 nitrogen and oxygen atoms in total. The molecule has 0 saturated heterocycles. The Morgan fingerprint density at radius 3 is 2.43 bits per heavy atom. The molecule has 1 aliphatic rings. The number of anilines is 1. The highest BCUT2D eigenvalue weighted by Gasteiger charge is 2.33. The van der Waals surface area contributed by atoms with Gasteiger partial charge in [-0.05, 0) is 31.0 Å². The second-order valence-electron chi connectivity index (χ2n) is 5.25. The number of hydrogen-bond acceptors (Lipinski definition) is 1. The molecule has 2 aromatic carbocycles. The first kappa shape index (κ1) is 13.6. The van der Waals surface area contributed by atoms with Gasteiger partial charge in [-0.15, -0.1) is 0 Å². The summed E-state index contributed by atoms with van der Waals surface area (Å²) in [7, 11) is 0. The summed E-state index contributed by atoms with van der Waals surface area (Å²) in [6.45, 7) is 0.302. The SMILES string of the molecule is O=C(Nc1ccccc1)N(Cc1ccccc1F)C1CC1. The van der Waals surface area contributed by atoms with Crippen molar-refractivity contribution in [1.82, 2.24) is 4.90 Å². The fourth-order valence-corrected chi connectivity index (χ4v) is 2.28. The quantitative estimate of drug-likeness (QED) is 0.903. The fourth-order valence-electron chi connectivity index (χ4n) is 2.28. The molecule has 2 amide bonds. The molecule has 108 valence electrons. The van der Waals surface area contributed by atoms with Crippen LogP contribution in [0.15, 0.2) is 54.6 Å². The van der Waals surface area contributed by atoms with E-state index in [1.807, 2.05) is 30.3 Å². The van der Waals surface area contributed by atoms with E-state index in [9.17, 15) is 9.18 Å². The number of carbonyl (C=O) groups excluding carboxylic acids is 1. The van der Waals surface area contributed by atoms with Crippen molar-refractivity contribution >= 4 is 11.7 Å². The lowest BCUT2D eigenvalue weighted by molar-refractivity contribution is 0.205. The Labute approximate surface area is 123 Å². The van der Waals surface area contributed by atoms with Crippen molar-refractivity contribution in [2.75, 3.05) is 5.32 Å². The van der Waals surface area contributed by atoms with Crippen LogP contribution in [0.5, 0.6) is 0 Å². The van der Waals surface area contributed by atoms with Crippen LogP contribution in [0.3, 0.4) is 0 Å². The lowest BCUT2D eigenvalue weighted by Gasteiger charge is -2.23. The number of rotatable bonds is 4. The van der Waals surface area contributed by atoms with Gasteiger partial charge in [-0.2, -0.15) is 0 Å². The van der Waals surface area contributed by atoms with E-state index >= 15 is 0 Å². The number of para-hydroxylation sites is 1. The minimum atomic E-state index is -0.268. The van der Waals surface area contributed by atoms with Crippen LogP contribution in [0, 0.1) is 5.82 Å². The predicted molar refractivity (Wildman–Crippen MR) is 80.4 cm³/mol. The van der Waals surface area contributed by atoms with Crippen molar-refractivity contribution in [2.24, 2.45) is 0 Å². The molecule has 0 unspecified atom stereocenters. The third kappa shape index (κ3) is 3.40. The number of urea groups is 1. The maximum Gasteiger partial charge on any atom is 0.322 e. The molecule has 1 fully saturated rings. The summed E-state index contributed by atoms with van der Waals surface area (Å²) in [6.07, 6.45) is 1.97. The van der Waals surface area contributed by atoms with Crippen molar-refractivity contribution in [3.05, 3.63) is 66.0 Å². The van der Waals surface area contributed by atoms with Crippen LogP contribution in [0.25, 0.3) is 0 Å². The molecule has 0 spiro atoms. The van der Waals surface area contributed by atoms with Crippen LogP contribution >= 0.6 is 0 Å². The molecule has 1 aliphatic carbocycles. The van der Waals surface area contributed by atoms with Crippen LogP contribution in [0.1, 0.15) is 18.4 Å². The third-order valence-electron chi connectivity index (χ3n) is 3.57. The van der Waals surface area contributed by atoms with E-state index in [4.69, 9.17) is 0 Å². The first-order chi connectivity index (χ1) is 10.2. The summed E-state index contributed by atoms with van der Waals surface area (Å²) in [6, 6.07) is 16.0. The van der Waals surface area contributed by atoms with Crippen LogP contribution < -0.4 is 5.32 Å². The highest BCUT2D eigenvalue weighted by molar-refractivity contribution is 5.89. The largest absolute Gasteiger partial charge is 0.322 e. The minimum absolute atomic E-state index is 0.174. The Balaban J connectivity index is 1.73. The lowest BCUT2D eigenvalue weighted by atomic mass is 10.2. The van der Waals surface area contributed by atoms with Gasteiger partial charge in [-0.25, -0.2) is 9.18 Å². The number of halogens is 1. The third-order valence-corrected chi connectivity index (χ3v) is 3.57. The standard InChI is InChI=1S/C17H17FN2O/c18-16-9-5-4-6-13(16)12-20(15-10-11-15)17(21)19-14-7-2-1-3-8-14/h1-9,15H,10-12H2,(H,19,21). The first-order valence-electron chi connectivity index (χ1n) is 7.10. The summed E-state index contributed by atoms with van der Waals surface area (Å²) in [4.78, 5) is 14.1. The molecule has 1 N–H and O–H groups in total. The average Bonchev–Trinajstić information content (AvgIpc) is 3.32. The molecule has 0 aromatic heterocycles. The lowest BCUT2D eigenvalue weighted by Crippen LogP contribution is -2.36. The van der Waals surface area contributed by atoms with E-state index in [2.05, 4.69) is 5.32 Å². The molecule has 0 atom stereocenters. The Kier molecular flexibility index (Phi) is 3.86. The molecule has 0 heterocycles. The Bertz CT molecular complexity index is 626. The molecule has 0 aliphatic heterocycles. The van der Waals surface area contributed by atoms with Crippen LogP contribution in [-0.4, -0.2) is 17.0 Å². The smallest absolute Gasteiger partial charge is 0.317 e. The number of benzene rings is 2. The van der Waals surface area contributed by atoms with E-state index in [0.717, 1.165) is 18.5 Å². The molecule has 2 aromatic rings. The number of amides is 2. The first-order valence-corrected chi connectivity index (χ1v) is 7.10. The molecule has 0 radical (unpaired) electrons. The molecule has 21 heavy (non-hydrogen) atoms. The fraction of sp³-hybridized carbons (Fsp3) is 0.235. The van der Waals surface area contributed by atoms with Crippen LogP contribution in [-0.2, 0) is 6.54 Å². The predicted octanol–water partition coefficient (Wildman–Crippen LogP) is 4.02. The van der Waals surface area contributed by atoms with Gasteiger partial charge in [0.15, 0.2) is 0 Å². The van der Waals surface area contributed by atoms with Crippen molar-refractivity contribution in [3.8, 4) is 0 Å². The molecular weight excluding hydrogens is 267 g/mol. The molecule has 1 saturated carbocycles. The highest BCUT2D eigenvalue weighted by Crippen LogP contribution is 2.29. The number of nitrogens with zero attached hydrogens (tertiary/aromatic N) is 1. The highest BCUT2D eigenvalue weighted by atomic mass is 19.1. The van der Waals surface area contributed by atoms with E-state index in [0.29, 0.717) is 12.1 Å². The second kappa shape index (κ2) is 5.95. The molecular formula is C17H17FN2O. The molecule has 4 heteroatoms. The van der Waals surface area contributed by atoms with Crippen molar-refractivity contribution < 1.29 is 9.18 Å². The maximum atomic E-state index is 13.8. The van der Waals surface area contributed by atoms with E-state index in [1.165, 1.54) is 6.07 Å². The summed E-state index contributed by atoms with van der Waals surface area (Å²) in [5.74, 6) is -0.268. The number of nitrogens with one attached hydrogen (secondary N) is 1. The topological polar surface area (TPSA) is 32.3 Å². The Hall–Kier alpha value is -2.36. The number of carbonyl (C=O) groups is 1. The maximum absolute atomic E-state index is 13.8. The summed E-state index contributed by atoms with van der Waals surface area (Å²) in [5, 5.41) is 2.87. The van der Waals surface area contributed by atoms with E-state index in [-0.39, 0.29) is 17.9 Å². The van der Waals surface area contributed by atoms with Gasteiger partial charge in [0.1, 0.15) is 5.82 Å². The van der Waals surface area contributed by atoms with E-state index in [1.54, 1.807) is 23.1 Å². The van der Waals surface area contributed by atoms with Gasteiger partial charge < -0.3 is 10.2 Å². The summed E-state index contributed by atoms with van der Waals surface area (Å²) < 4.78 is 13.8. The van der Waals surface area contributed by atoms with Gasteiger partial charge in [0.25, 0.3) is 0 Å². The van der Waals surface area contributed by atoms with Crippen LogP contribution in [0.2, 0.25) is 0 Å². The minimum Gasteiger partial charge on any atom is -0.317 e. The van der Waals surface area contributed by atoms with Gasteiger partial charge in [-0.1, -0.05) is 36.4 Å².